The highest BCUT2D eigenvalue weighted by Crippen LogP contribution is 2.29. The monoisotopic (exact) mass is 328 g/mol. The van der Waals surface area contributed by atoms with E-state index in [2.05, 4.69) is 10.4 Å². The lowest BCUT2D eigenvalue weighted by Crippen LogP contribution is -2.42. The fourth-order valence-corrected chi connectivity index (χ4v) is 3.72. The van der Waals surface area contributed by atoms with E-state index >= 15 is 0 Å². The summed E-state index contributed by atoms with van der Waals surface area (Å²) in [5.41, 5.74) is 8.53. The Bertz CT molecular complexity index is 779. The molecule has 1 saturated carbocycles. The Morgan fingerprint density at radius 3 is 2.88 bits per heavy atom. The van der Waals surface area contributed by atoms with Crippen LogP contribution in [0.4, 0.5) is 4.39 Å². The van der Waals surface area contributed by atoms with E-state index in [-0.39, 0.29) is 17.8 Å². The minimum Gasteiger partial charge on any atom is -0.350 e. The lowest BCUT2D eigenvalue weighted by atomic mass is 9.81. The minimum absolute atomic E-state index is 0.163. The maximum absolute atomic E-state index is 14.1. The van der Waals surface area contributed by atoms with Crippen molar-refractivity contribution in [3.8, 4) is 5.69 Å². The number of carbonyl (C=O) groups excluding carboxylic acids is 1. The number of fused-ring (bicyclic) bond motifs is 1. The number of hydrogen-bond donors (Lipinski definition) is 2. The van der Waals surface area contributed by atoms with Crippen LogP contribution in [0.25, 0.3) is 5.69 Å². The van der Waals surface area contributed by atoms with Crippen molar-refractivity contribution >= 4 is 5.91 Å². The molecule has 5 nitrogen and oxygen atoms in total. The summed E-state index contributed by atoms with van der Waals surface area (Å²) in [6.45, 7) is 0.633. The topological polar surface area (TPSA) is 72.9 Å². The number of para-hydroxylation sites is 1. The van der Waals surface area contributed by atoms with Gasteiger partial charge in [0.05, 0.1) is 0 Å². The van der Waals surface area contributed by atoms with Gasteiger partial charge in [0.1, 0.15) is 11.5 Å². The number of aromatic nitrogens is 2. The van der Waals surface area contributed by atoms with Crippen molar-refractivity contribution < 1.29 is 9.18 Å². The van der Waals surface area contributed by atoms with Gasteiger partial charge in [0, 0.05) is 23.8 Å². The fraction of sp³-hybridized carbons (Fsp3) is 0.444. The smallest absolute Gasteiger partial charge is 0.272 e. The van der Waals surface area contributed by atoms with Crippen LogP contribution in [-0.4, -0.2) is 28.3 Å². The maximum Gasteiger partial charge on any atom is 0.272 e. The molecule has 0 bridgehead atoms. The number of nitrogens with zero attached hydrogens (tertiary/aromatic N) is 2. The van der Waals surface area contributed by atoms with E-state index < -0.39 is 0 Å². The fourth-order valence-electron chi connectivity index (χ4n) is 3.72. The Hall–Kier alpha value is -2.21. The first-order chi connectivity index (χ1) is 11.6. The zero-order valence-corrected chi connectivity index (χ0v) is 13.5. The molecule has 0 spiro atoms. The van der Waals surface area contributed by atoms with Gasteiger partial charge in [-0.2, -0.15) is 5.10 Å². The van der Waals surface area contributed by atoms with Gasteiger partial charge in [0.25, 0.3) is 5.91 Å². The number of nitrogens with one attached hydrogen (secondary N) is 1. The number of amides is 1. The standard InChI is InChI=1S/C18H21FN4O/c19-14-5-1-2-6-16(14)23-15-7-3-4-13(15)17(22-23)18(24)21-10-11-8-12(20)9-11/h1-2,5-6,11-12H,3-4,7-10,20H2,(H,21,24). The lowest BCUT2D eigenvalue weighted by Gasteiger charge is -2.32. The molecular weight excluding hydrogens is 307 g/mol. The van der Waals surface area contributed by atoms with Gasteiger partial charge >= 0.3 is 0 Å². The van der Waals surface area contributed by atoms with Gasteiger partial charge in [-0.15, -0.1) is 0 Å². The Kier molecular flexibility index (Phi) is 3.84. The zero-order chi connectivity index (χ0) is 16.7. The molecule has 1 fully saturated rings. The summed E-state index contributed by atoms with van der Waals surface area (Å²) < 4.78 is 15.7. The summed E-state index contributed by atoms with van der Waals surface area (Å²) in [5.74, 6) is -0.0283. The van der Waals surface area contributed by atoms with Crippen LogP contribution in [0, 0.1) is 11.7 Å². The van der Waals surface area contributed by atoms with Crippen LogP contribution < -0.4 is 11.1 Å². The van der Waals surface area contributed by atoms with Crippen LogP contribution in [0.2, 0.25) is 0 Å². The highest BCUT2D eigenvalue weighted by Gasteiger charge is 2.30. The molecule has 2 aliphatic rings. The van der Waals surface area contributed by atoms with E-state index in [1.165, 1.54) is 6.07 Å². The van der Waals surface area contributed by atoms with Crippen molar-refractivity contribution in [2.75, 3.05) is 6.54 Å². The number of benzene rings is 1. The molecule has 1 heterocycles. The van der Waals surface area contributed by atoms with E-state index in [0.29, 0.717) is 23.8 Å². The quantitative estimate of drug-likeness (QED) is 0.901. The number of hydrogen-bond acceptors (Lipinski definition) is 3. The van der Waals surface area contributed by atoms with Crippen LogP contribution in [0.15, 0.2) is 24.3 Å². The summed E-state index contributed by atoms with van der Waals surface area (Å²) in [6, 6.07) is 6.81. The number of rotatable bonds is 4. The SMILES string of the molecule is NC1CC(CNC(=O)c2nn(-c3ccccc3F)c3c2CCC3)C1. The highest BCUT2D eigenvalue weighted by molar-refractivity contribution is 5.94. The van der Waals surface area contributed by atoms with E-state index in [9.17, 15) is 9.18 Å². The van der Waals surface area contributed by atoms with E-state index in [1.807, 2.05) is 0 Å². The second-order valence-corrected chi connectivity index (χ2v) is 6.80. The summed E-state index contributed by atoms with van der Waals surface area (Å²) in [7, 11) is 0. The number of carbonyl (C=O) groups is 1. The Balaban J connectivity index is 1.59. The van der Waals surface area contributed by atoms with Gasteiger partial charge in [-0.25, -0.2) is 9.07 Å². The molecule has 6 heteroatoms. The molecule has 0 unspecified atom stereocenters. The first-order valence-electron chi connectivity index (χ1n) is 8.53. The van der Waals surface area contributed by atoms with Crippen LogP contribution in [0.1, 0.15) is 41.0 Å². The van der Waals surface area contributed by atoms with Crippen molar-refractivity contribution in [1.29, 1.82) is 0 Å². The van der Waals surface area contributed by atoms with Crippen LogP contribution in [0.5, 0.6) is 0 Å². The molecule has 126 valence electrons. The molecule has 0 saturated heterocycles. The Labute approximate surface area is 140 Å². The molecule has 2 aliphatic carbocycles. The van der Waals surface area contributed by atoms with Crippen molar-refractivity contribution in [3.63, 3.8) is 0 Å². The van der Waals surface area contributed by atoms with E-state index in [1.54, 1.807) is 22.9 Å². The van der Waals surface area contributed by atoms with Gasteiger partial charge in [-0.1, -0.05) is 12.1 Å². The van der Waals surface area contributed by atoms with E-state index in [4.69, 9.17) is 5.73 Å². The van der Waals surface area contributed by atoms with Crippen molar-refractivity contribution in [2.45, 2.75) is 38.1 Å². The Morgan fingerprint density at radius 1 is 1.33 bits per heavy atom. The molecule has 24 heavy (non-hydrogen) atoms. The van der Waals surface area contributed by atoms with Crippen LogP contribution >= 0.6 is 0 Å². The Morgan fingerprint density at radius 2 is 2.12 bits per heavy atom. The summed E-state index contributed by atoms with van der Waals surface area (Å²) in [5, 5.41) is 7.41. The zero-order valence-electron chi connectivity index (χ0n) is 13.5. The predicted molar refractivity (Wildman–Crippen MR) is 88.6 cm³/mol. The largest absolute Gasteiger partial charge is 0.350 e. The molecule has 1 amide bonds. The van der Waals surface area contributed by atoms with Gasteiger partial charge < -0.3 is 11.1 Å². The second kappa shape index (κ2) is 6.02. The molecule has 4 rings (SSSR count). The second-order valence-electron chi connectivity index (χ2n) is 6.80. The molecule has 0 radical (unpaired) electrons. The lowest BCUT2D eigenvalue weighted by molar-refractivity contribution is 0.0929. The average Bonchev–Trinajstić information content (AvgIpc) is 3.13. The highest BCUT2D eigenvalue weighted by atomic mass is 19.1. The first kappa shape index (κ1) is 15.3. The van der Waals surface area contributed by atoms with Gasteiger partial charge in [0.15, 0.2) is 5.69 Å². The van der Waals surface area contributed by atoms with Crippen LogP contribution in [0.3, 0.4) is 0 Å². The summed E-state index contributed by atoms with van der Waals surface area (Å²) >= 11 is 0. The van der Waals surface area contributed by atoms with Crippen molar-refractivity contribution in [2.24, 2.45) is 11.7 Å². The van der Waals surface area contributed by atoms with Crippen LogP contribution in [-0.2, 0) is 12.8 Å². The third-order valence-electron chi connectivity index (χ3n) is 5.05. The average molecular weight is 328 g/mol. The molecule has 1 aromatic heterocycles. The molecule has 0 atom stereocenters. The molecule has 0 aliphatic heterocycles. The van der Waals surface area contributed by atoms with Gasteiger partial charge in [0.2, 0.25) is 0 Å². The normalized spacial score (nSPS) is 22.1. The predicted octanol–water partition coefficient (Wildman–Crippen LogP) is 1.97. The maximum atomic E-state index is 14.1. The number of nitrogens with two attached hydrogens (primary N) is 1. The molecule has 3 N–H and O–H groups in total. The van der Waals surface area contributed by atoms with Crippen molar-refractivity contribution in [1.82, 2.24) is 15.1 Å². The molecule has 2 aromatic rings. The molecular formula is C18H21FN4O. The van der Waals surface area contributed by atoms with Gasteiger partial charge in [-0.3, -0.25) is 4.79 Å². The summed E-state index contributed by atoms with van der Waals surface area (Å²) in [6.07, 6.45) is 4.53. The van der Waals surface area contributed by atoms with Crippen molar-refractivity contribution in [3.05, 3.63) is 47.0 Å². The third kappa shape index (κ3) is 2.60. The van der Waals surface area contributed by atoms with Gasteiger partial charge in [-0.05, 0) is 50.2 Å². The molecule has 1 aromatic carbocycles. The first-order valence-corrected chi connectivity index (χ1v) is 8.53. The minimum atomic E-state index is -0.329. The third-order valence-corrected chi connectivity index (χ3v) is 5.05. The summed E-state index contributed by atoms with van der Waals surface area (Å²) in [4.78, 5) is 12.5. The van der Waals surface area contributed by atoms with E-state index in [0.717, 1.165) is 43.4 Å². The number of halogens is 1.